The lowest BCUT2D eigenvalue weighted by molar-refractivity contribution is 0.231. The Hall–Kier alpha value is -0.340. The minimum atomic E-state index is 0.410. The Bertz CT molecular complexity index is 354. The van der Waals surface area contributed by atoms with E-state index in [1.807, 2.05) is 0 Å². The van der Waals surface area contributed by atoms with Gasteiger partial charge in [-0.1, -0.05) is 61.7 Å². The summed E-state index contributed by atoms with van der Waals surface area (Å²) in [7, 11) is 0. The summed E-state index contributed by atoms with van der Waals surface area (Å²) in [5, 5.41) is 3.57. The molecule has 1 aromatic carbocycles. The minimum absolute atomic E-state index is 0.410. The van der Waals surface area contributed by atoms with Gasteiger partial charge in [-0.3, -0.25) is 0 Å². The van der Waals surface area contributed by atoms with Gasteiger partial charge in [-0.2, -0.15) is 0 Å². The molecule has 0 amide bonds. The van der Waals surface area contributed by atoms with Gasteiger partial charge in [0.25, 0.3) is 0 Å². The summed E-state index contributed by atoms with van der Waals surface area (Å²) < 4.78 is 1.19. The molecule has 0 spiro atoms. The van der Waals surface area contributed by atoms with E-state index >= 15 is 0 Å². The van der Waals surface area contributed by atoms with Gasteiger partial charge in [0.1, 0.15) is 0 Å². The Morgan fingerprint density at radius 3 is 2.58 bits per heavy atom. The van der Waals surface area contributed by atoms with Crippen molar-refractivity contribution in [1.82, 2.24) is 5.32 Å². The highest BCUT2D eigenvalue weighted by atomic mass is 79.9. The van der Waals surface area contributed by atoms with E-state index in [0.29, 0.717) is 5.41 Å². The Morgan fingerprint density at radius 1 is 1.21 bits per heavy atom. The minimum Gasteiger partial charge on any atom is -0.316 e. The first-order chi connectivity index (χ1) is 9.15. The maximum Gasteiger partial charge on any atom is 0.0177 e. The quantitative estimate of drug-likeness (QED) is 0.659. The largest absolute Gasteiger partial charge is 0.316 e. The second-order valence-electron chi connectivity index (χ2n) is 5.54. The fourth-order valence-corrected chi connectivity index (χ4v) is 3.13. The van der Waals surface area contributed by atoms with Crippen LogP contribution in [0.1, 0.15) is 52.0 Å². The van der Waals surface area contributed by atoms with Crippen molar-refractivity contribution in [2.45, 2.75) is 52.9 Å². The number of unbranched alkanes of at least 4 members (excludes halogenated alkanes) is 1. The fourth-order valence-electron chi connectivity index (χ4n) is 2.69. The first-order valence-electron chi connectivity index (χ1n) is 7.61. The molecule has 0 aromatic heterocycles. The van der Waals surface area contributed by atoms with Crippen LogP contribution in [-0.4, -0.2) is 13.1 Å². The number of halogens is 1. The lowest BCUT2D eigenvalue weighted by Gasteiger charge is -2.33. The number of nitrogens with one attached hydrogen (secondary N) is 1. The van der Waals surface area contributed by atoms with Gasteiger partial charge in [0.15, 0.2) is 0 Å². The van der Waals surface area contributed by atoms with Crippen LogP contribution in [-0.2, 0) is 6.42 Å². The molecule has 1 nitrogen and oxygen atoms in total. The molecular formula is C17H28BrN. The SMILES string of the molecule is CCCCC(CC)(CNCC)Cc1cccc(Br)c1. The second kappa shape index (κ2) is 8.76. The monoisotopic (exact) mass is 325 g/mol. The van der Waals surface area contributed by atoms with Crippen molar-refractivity contribution in [2.75, 3.05) is 13.1 Å². The van der Waals surface area contributed by atoms with Gasteiger partial charge in [-0.05, 0) is 48.9 Å². The molecule has 0 aliphatic heterocycles. The van der Waals surface area contributed by atoms with Gasteiger partial charge in [0, 0.05) is 11.0 Å². The highest BCUT2D eigenvalue weighted by Gasteiger charge is 2.27. The standard InChI is InChI=1S/C17H28BrN/c1-4-7-11-17(5-2,14-19-6-3)13-15-9-8-10-16(18)12-15/h8-10,12,19H,4-7,11,13-14H2,1-3H3. The molecule has 0 radical (unpaired) electrons. The average molecular weight is 326 g/mol. The van der Waals surface area contributed by atoms with E-state index in [1.54, 1.807) is 0 Å². The Labute approximate surface area is 127 Å². The highest BCUT2D eigenvalue weighted by Crippen LogP contribution is 2.33. The molecule has 1 aromatic rings. The van der Waals surface area contributed by atoms with Crippen molar-refractivity contribution < 1.29 is 0 Å². The van der Waals surface area contributed by atoms with Crippen LogP contribution in [0.15, 0.2) is 28.7 Å². The molecule has 19 heavy (non-hydrogen) atoms. The molecule has 2 heteroatoms. The van der Waals surface area contributed by atoms with E-state index in [1.165, 1.54) is 42.1 Å². The molecule has 0 fully saturated rings. The first kappa shape index (κ1) is 16.7. The van der Waals surface area contributed by atoms with Crippen LogP contribution in [0.2, 0.25) is 0 Å². The Morgan fingerprint density at radius 2 is 2.00 bits per heavy atom. The zero-order valence-electron chi connectivity index (χ0n) is 12.6. The van der Waals surface area contributed by atoms with Gasteiger partial charge in [0.2, 0.25) is 0 Å². The predicted molar refractivity (Wildman–Crippen MR) is 88.6 cm³/mol. The summed E-state index contributed by atoms with van der Waals surface area (Å²) in [6.45, 7) is 9.01. The Balaban J connectivity index is 2.81. The van der Waals surface area contributed by atoms with Gasteiger partial charge in [-0.25, -0.2) is 0 Å². The van der Waals surface area contributed by atoms with E-state index in [2.05, 4.69) is 66.3 Å². The van der Waals surface area contributed by atoms with Crippen LogP contribution in [0.3, 0.4) is 0 Å². The normalized spacial score (nSPS) is 14.3. The molecule has 1 rings (SSSR count). The predicted octanol–water partition coefficient (Wildman–Crippen LogP) is 5.19. The summed E-state index contributed by atoms with van der Waals surface area (Å²) in [5.41, 5.74) is 1.86. The van der Waals surface area contributed by atoms with Crippen molar-refractivity contribution in [3.63, 3.8) is 0 Å². The summed E-state index contributed by atoms with van der Waals surface area (Å²) in [6, 6.07) is 8.77. The van der Waals surface area contributed by atoms with E-state index in [4.69, 9.17) is 0 Å². The van der Waals surface area contributed by atoms with Gasteiger partial charge in [0.05, 0.1) is 0 Å². The number of rotatable bonds is 9. The molecule has 0 aliphatic carbocycles. The molecule has 0 saturated heterocycles. The number of hydrogen-bond donors (Lipinski definition) is 1. The van der Waals surface area contributed by atoms with E-state index in [-0.39, 0.29) is 0 Å². The third-order valence-electron chi connectivity index (χ3n) is 4.03. The molecule has 108 valence electrons. The number of hydrogen-bond acceptors (Lipinski definition) is 1. The van der Waals surface area contributed by atoms with Crippen LogP contribution in [0.5, 0.6) is 0 Å². The maximum atomic E-state index is 3.58. The molecule has 1 unspecified atom stereocenters. The van der Waals surface area contributed by atoms with Crippen LogP contribution in [0, 0.1) is 5.41 Å². The first-order valence-corrected chi connectivity index (χ1v) is 8.40. The topological polar surface area (TPSA) is 12.0 Å². The van der Waals surface area contributed by atoms with Gasteiger partial charge >= 0.3 is 0 Å². The van der Waals surface area contributed by atoms with E-state index in [0.717, 1.165) is 13.1 Å². The zero-order chi connectivity index (χ0) is 14.1. The summed E-state index contributed by atoms with van der Waals surface area (Å²) in [5.74, 6) is 0. The zero-order valence-corrected chi connectivity index (χ0v) is 14.2. The van der Waals surface area contributed by atoms with Crippen LogP contribution in [0.4, 0.5) is 0 Å². The third-order valence-corrected chi connectivity index (χ3v) is 4.52. The number of benzene rings is 1. The van der Waals surface area contributed by atoms with Crippen LogP contribution < -0.4 is 5.32 Å². The molecule has 0 bridgehead atoms. The second-order valence-corrected chi connectivity index (χ2v) is 6.46. The van der Waals surface area contributed by atoms with E-state index < -0.39 is 0 Å². The lowest BCUT2D eigenvalue weighted by atomic mass is 9.75. The smallest absolute Gasteiger partial charge is 0.0177 e. The molecule has 0 aliphatic rings. The highest BCUT2D eigenvalue weighted by molar-refractivity contribution is 9.10. The van der Waals surface area contributed by atoms with Crippen LogP contribution in [0.25, 0.3) is 0 Å². The molecule has 1 N–H and O–H groups in total. The van der Waals surface area contributed by atoms with Crippen molar-refractivity contribution in [3.8, 4) is 0 Å². The average Bonchev–Trinajstić information content (AvgIpc) is 2.42. The molecule has 0 heterocycles. The van der Waals surface area contributed by atoms with Crippen molar-refractivity contribution in [3.05, 3.63) is 34.3 Å². The summed E-state index contributed by atoms with van der Waals surface area (Å²) in [4.78, 5) is 0. The van der Waals surface area contributed by atoms with Gasteiger partial charge < -0.3 is 5.32 Å². The molecule has 1 atom stereocenters. The van der Waals surface area contributed by atoms with Crippen molar-refractivity contribution in [2.24, 2.45) is 5.41 Å². The lowest BCUT2D eigenvalue weighted by Crippen LogP contribution is -2.36. The van der Waals surface area contributed by atoms with Crippen molar-refractivity contribution in [1.29, 1.82) is 0 Å². The van der Waals surface area contributed by atoms with E-state index in [9.17, 15) is 0 Å². The Kier molecular flexibility index (Phi) is 7.70. The third kappa shape index (κ3) is 5.66. The summed E-state index contributed by atoms with van der Waals surface area (Å²) >= 11 is 3.58. The molecular weight excluding hydrogens is 298 g/mol. The fraction of sp³-hybridized carbons (Fsp3) is 0.647. The van der Waals surface area contributed by atoms with Gasteiger partial charge in [-0.15, -0.1) is 0 Å². The van der Waals surface area contributed by atoms with Crippen molar-refractivity contribution >= 4 is 15.9 Å². The molecule has 0 saturated carbocycles. The summed E-state index contributed by atoms with van der Waals surface area (Å²) in [6.07, 6.45) is 6.35. The van der Waals surface area contributed by atoms with Crippen LogP contribution >= 0.6 is 15.9 Å². The maximum absolute atomic E-state index is 3.58.